The van der Waals surface area contributed by atoms with Crippen LogP contribution in [0.15, 0.2) is 12.3 Å². The van der Waals surface area contributed by atoms with E-state index in [-0.39, 0.29) is 16.5 Å². The van der Waals surface area contributed by atoms with E-state index in [9.17, 15) is 4.39 Å². The highest BCUT2D eigenvalue weighted by molar-refractivity contribution is 6.28. The molecule has 2 aromatic rings. The van der Waals surface area contributed by atoms with E-state index in [1.165, 1.54) is 25.5 Å². The highest BCUT2D eigenvalue weighted by Crippen LogP contribution is 2.51. The Labute approximate surface area is 115 Å². The smallest absolute Gasteiger partial charge is 0.230 e. The number of fused-ring (bicyclic) bond motifs is 4. The molecule has 2 aromatic heterocycles. The van der Waals surface area contributed by atoms with Gasteiger partial charge in [0.05, 0.1) is 11.9 Å². The first-order valence-corrected chi connectivity index (χ1v) is 7.26. The van der Waals surface area contributed by atoms with Crippen molar-refractivity contribution in [3.63, 3.8) is 0 Å². The molecule has 3 nitrogen and oxygen atoms in total. The molecule has 100 valence electrons. The summed E-state index contributed by atoms with van der Waals surface area (Å²) in [6, 6.07) is 1.64. The fraction of sp³-hybridized carbons (Fsp3) is 0.571. The van der Waals surface area contributed by atoms with Crippen LogP contribution in [0.2, 0.25) is 5.28 Å². The second kappa shape index (κ2) is 3.92. The van der Waals surface area contributed by atoms with Crippen LogP contribution in [0.25, 0.3) is 5.52 Å². The summed E-state index contributed by atoms with van der Waals surface area (Å²) in [5, 5.41) is 4.38. The number of halogens is 2. The molecule has 0 spiro atoms. The van der Waals surface area contributed by atoms with E-state index in [4.69, 9.17) is 11.6 Å². The van der Waals surface area contributed by atoms with E-state index in [2.05, 4.69) is 10.1 Å². The lowest BCUT2D eigenvalue weighted by atomic mass is 9.59. The third-order valence-corrected chi connectivity index (χ3v) is 5.25. The van der Waals surface area contributed by atoms with Crippen molar-refractivity contribution in [3.05, 3.63) is 29.1 Å². The molecule has 0 aliphatic heterocycles. The Balaban J connectivity index is 1.93. The Morgan fingerprint density at radius 3 is 2.63 bits per heavy atom. The predicted octanol–water partition coefficient (Wildman–Crippen LogP) is 3.74. The average Bonchev–Trinajstić information content (AvgIpc) is 2.78. The van der Waals surface area contributed by atoms with Gasteiger partial charge in [-0.05, 0) is 62.1 Å². The van der Waals surface area contributed by atoms with Crippen LogP contribution in [0.4, 0.5) is 4.39 Å². The number of nitrogens with zero attached hydrogens (tertiary/aromatic N) is 3. The molecule has 3 saturated carbocycles. The zero-order valence-electron chi connectivity index (χ0n) is 10.6. The second-order valence-electron chi connectivity index (χ2n) is 5.96. The molecule has 5 heteroatoms. The van der Waals surface area contributed by atoms with Crippen LogP contribution in [-0.2, 0) is 5.41 Å². The molecular weight excluding hydrogens is 265 g/mol. The highest BCUT2D eigenvalue weighted by Gasteiger charge is 2.43. The fourth-order valence-corrected chi connectivity index (χ4v) is 4.07. The minimum Gasteiger partial charge on any atom is -0.230 e. The van der Waals surface area contributed by atoms with E-state index >= 15 is 0 Å². The first-order valence-electron chi connectivity index (χ1n) is 6.88. The molecule has 3 fully saturated rings. The molecule has 0 aromatic carbocycles. The number of hydrogen-bond acceptors (Lipinski definition) is 2. The molecule has 0 N–H and O–H groups in total. The minimum atomic E-state index is -0.242. The van der Waals surface area contributed by atoms with Gasteiger partial charge in [0.2, 0.25) is 5.28 Å². The summed E-state index contributed by atoms with van der Waals surface area (Å²) in [7, 11) is 0. The van der Waals surface area contributed by atoms with Crippen LogP contribution in [0.5, 0.6) is 0 Å². The topological polar surface area (TPSA) is 30.2 Å². The van der Waals surface area contributed by atoms with Gasteiger partial charge in [0.25, 0.3) is 0 Å². The molecule has 0 saturated heterocycles. The zero-order valence-corrected chi connectivity index (χ0v) is 11.3. The van der Waals surface area contributed by atoms with Crippen molar-refractivity contribution in [1.82, 2.24) is 14.6 Å². The van der Waals surface area contributed by atoms with E-state index in [0.717, 1.165) is 30.9 Å². The third kappa shape index (κ3) is 1.62. The standard InChI is InChI=1S/C14H15ClFN3/c15-13-17-8-11-10(16)7-12(19(11)18-13)14-4-1-9(2-5-14)3-6-14/h7-9H,1-6H2. The van der Waals surface area contributed by atoms with Gasteiger partial charge in [0.1, 0.15) is 5.52 Å². The van der Waals surface area contributed by atoms with E-state index in [1.54, 1.807) is 10.6 Å². The lowest BCUT2D eigenvalue weighted by Crippen LogP contribution is -2.38. The highest BCUT2D eigenvalue weighted by atomic mass is 35.5. The van der Waals surface area contributed by atoms with Crippen LogP contribution < -0.4 is 0 Å². The van der Waals surface area contributed by atoms with Crippen molar-refractivity contribution < 1.29 is 4.39 Å². The number of hydrogen-bond donors (Lipinski definition) is 0. The zero-order chi connectivity index (χ0) is 13.0. The Kier molecular flexibility index (Phi) is 2.40. The van der Waals surface area contributed by atoms with Gasteiger partial charge in [-0.15, -0.1) is 5.10 Å². The van der Waals surface area contributed by atoms with E-state index in [1.807, 2.05) is 0 Å². The van der Waals surface area contributed by atoms with E-state index in [0.29, 0.717) is 5.52 Å². The maximum Gasteiger partial charge on any atom is 0.241 e. The SMILES string of the molecule is Fc1cc(C23CCC(CC2)CC3)n2nc(Cl)ncc12. The first kappa shape index (κ1) is 11.6. The molecule has 3 aliphatic rings. The summed E-state index contributed by atoms with van der Waals surface area (Å²) in [5.74, 6) is 0.643. The lowest BCUT2D eigenvalue weighted by molar-refractivity contribution is 0.130. The molecule has 2 bridgehead atoms. The number of rotatable bonds is 1. The van der Waals surface area contributed by atoms with Crippen LogP contribution in [0.1, 0.15) is 44.2 Å². The second-order valence-corrected chi connectivity index (χ2v) is 6.30. The van der Waals surface area contributed by atoms with Crippen molar-refractivity contribution in [2.45, 2.75) is 43.9 Å². The molecule has 0 unspecified atom stereocenters. The van der Waals surface area contributed by atoms with Gasteiger partial charge < -0.3 is 0 Å². The largest absolute Gasteiger partial charge is 0.241 e. The third-order valence-electron chi connectivity index (χ3n) is 5.08. The minimum absolute atomic E-state index is 0.0969. The summed E-state index contributed by atoms with van der Waals surface area (Å²) in [5.41, 5.74) is 1.52. The van der Waals surface area contributed by atoms with Gasteiger partial charge in [-0.25, -0.2) is 13.9 Å². The Morgan fingerprint density at radius 2 is 1.95 bits per heavy atom. The van der Waals surface area contributed by atoms with Crippen molar-refractivity contribution in [3.8, 4) is 0 Å². The molecule has 3 aliphatic carbocycles. The van der Waals surface area contributed by atoms with Crippen LogP contribution >= 0.6 is 11.6 Å². The molecule has 0 atom stereocenters. The average molecular weight is 280 g/mol. The monoisotopic (exact) mass is 279 g/mol. The fourth-order valence-electron chi connectivity index (χ4n) is 3.94. The normalized spacial score (nSPS) is 30.1. The molecule has 0 radical (unpaired) electrons. The molecule has 0 amide bonds. The van der Waals surface area contributed by atoms with Gasteiger partial charge in [-0.1, -0.05) is 0 Å². The van der Waals surface area contributed by atoms with Crippen molar-refractivity contribution in [2.75, 3.05) is 0 Å². The molecular formula is C14H15ClFN3. The number of aromatic nitrogens is 3. The van der Waals surface area contributed by atoms with Gasteiger partial charge in [0, 0.05) is 5.41 Å². The molecule has 2 heterocycles. The van der Waals surface area contributed by atoms with Crippen LogP contribution in [0, 0.1) is 11.7 Å². The Hall–Kier alpha value is -1.16. The summed E-state index contributed by atoms with van der Waals surface area (Å²) < 4.78 is 15.7. The van der Waals surface area contributed by atoms with Crippen molar-refractivity contribution in [1.29, 1.82) is 0 Å². The van der Waals surface area contributed by atoms with Crippen LogP contribution in [-0.4, -0.2) is 14.6 Å². The predicted molar refractivity (Wildman–Crippen MR) is 70.8 cm³/mol. The van der Waals surface area contributed by atoms with Gasteiger partial charge in [-0.3, -0.25) is 0 Å². The summed E-state index contributed by atoms with van der Waals surface area (Å²) in [4.78, 5) is 3.88. The van der Waals surface area contributed by atoms with Crippen LogP contribution in [0.3, 0.4) is 0 Å². The first-order chi connectivity index (χ1) is 9.18. The summed E-state index contributed by atoms with van der Waals surface area (Å²) >= 11 is 5.87. The quantitative estimate of drug-likeness (QED) is 0.796. The van der Waals surface area contributed by atoms with Crippen molar-refractivity contribution in [2.24, 2.45) is 5.92 Å². The molecule has 19 heavy (non-hydrogen) atoms. The summed E-state index contributed by atoms with van der Waals surface area (Å²) in [6.45, 7) is 0. The maximum atomic E-state index is 14.1. The van der Waals surface area contributed by atoms with Gasteiger partial charge in [0.15, 0.2) is 5.82 Å². The van der Waals surface area contributed by atoms with Crippen molar-refractivity contribution >= 4 is 17.1 Å². The van der Waals surface area contributed by atoms with E-state index < -0.39 is 0 Å². The summed E-state index contributed by atoms with van der Waals surface area (Å²) in [6.07, 6.45) is 8.68. The Bertz CT molecular complexity index is 630. The molecule has 5 rings (SSSR count). The van der Waals surface area contributed by atoms with Gasteiger partial charge >= 0.3 is 0 Å². The maximum absolute atomic E-state index is 14.1. The Morgan fingerprint density at radius 1 is 1.26 bits per heavy atom. The van der Waals surface area contributed by atoms with Gasteiger partial charge in [-0.2, -0.15) is 0 Å². The lowest BCUT2D eigenvalue weighted by Gasteiger charge is -2.46.